The van der Waals surface area contributed by atoms with Gasteiger partial charge in [0, 0.05) is 12.7 Å². The van der Waals surface area contributed by atoms with Gasteiger partial charge in [-0.1, -0.05) is 12.1 Å². The van der Waals surface area contributed by atoms with E-state index < -0.39 is 0 Å². The van der Waals surface area contributed by atoms with Crippen molar-refractivity contribution >= 4 is 11.5 Å². The molecular weight excluding hydrogens is 321 g/mol. The summed E-state index contributed by atoms with van der Waals surface area (Å²) < 4.78 is 17.4. The summed E-state index contributed by atoms with van der Waals surface area (Å²) in [6.07, 6.45) is 3.80. The number of halogens is 1. The fourth-order valence-electron chi connectivity index (χ4n) is 2.58. The van der Waals surface area contributed by atoms with E-state index in [0.29, 0.717) is 29.4 Å². The Labute approximate surface area is 143 Å². The molecule has 0 amide bonds. The van der Waals surface area contributed by atoms with Gasteiger partial charge >= 0.3 is 0 Å². The summed E-state index contributed by atoms with van der Waals surface area (Å²) in [5, 5.41) is 20.1. The molecule has 1 aromatic carbocycles. The highest BCUT2D eigenvalue weighted by atomic mass is 19.1. The molecule has 0 saturated carbocycles. The molecule has 8 heteroatoms. The van der Waals surface area contributed by atoms with Gasteiger partial charge in [0.25, 0.3) is 0 Å². The zero-order chi connectivity index (χ0) is 17.2. The van der Waals surface area contributed by atoms with Gasteiger partial charge in [0.2, 0.25) is 0 Å². The smallest absolute Gasteiger partial charge is 0.188 e. The summed E-state index contributed by atoms with van der Waals surface area (Å²) in [6.45, 7) is 3.38. The van der Waals surface area contributed by atoms with Crippen LogP contribution in [0.2, 0.25) is 0 Å². The summed E-state index contributed by atoms with van der Waals surface area (Å²) in [5.41, 5.74) is 2.05. The van der Waals surface area contributed by atoms with Crippen LogP contribution >= 0.6 is 0 Å². The van der Waals surface area contributed by atoms with E-state index in [0.717, 1.165) is 12.1 Å². The maximum absolute atomic E-state index is 14.0. The second kappa shape index (κ2) is 6.31. The van der Waals surface area contributed by atoms with E-state index in [1.165, 1.54) is 6.07 Å². The summed E-state index contributed by atoms with van der Waals surface area (Å²) in [7, 11) is 0. The molecule has 0 unspecified atom stereocenters. The fraction of sp³-hybridized carbons (Fsp3) is 0.176. The molecule has 3 aromatic heterocycles. The number of hydrogen-bond donors (Lipinski definition) is 1. The predicted molar refractivity (Wildman–Crippen MR) is 91.6 cm³/mol. The van der Waals surface area contributed by atoms with Crippen LogP contribution in [0.3, 0.4) is 0 Å². The number of hydrogen-bond acceptors (Lipinski definition) is 5. The summed E-state index contributed by atoms with van der Waals surface area (Å²) in [4.78, 5) is 0. The maximum atomic E-state index is 14.0. The van der Waals surface area contributed by atoms with Crippen LogP contribution < -0.4 is 5.32 Å². The molecule has 0 saturated heterocycles. The Hall–Kier alpha value is -3.29. The average Bonchev–Trinajstić information content (AvgIpc) is 3.21. The number of aryl methyl sites for hydroxylation is 1. The van der Waals surface area contributed by atoms with E-state index in [-0.39, 0.29) is 5.82 Å². The first-order valence-corrected chi connectivity index (χ1v) is 7.91. The Morgan fingerprint density at radius 1 is 1.12 bits per heavy atom. The largest absolute Gasteiger partial charge is 0.367 e. The number of rotatable bonds is 5. The van der Waals surface area contributed by atoms with Gasteiger partial charge in [0.1, 0.15) is 11.6 Å². The third kappa shape index (κ3) is 3.06. The molecule has 0 aliphatic rings. The molecule has 25 heavy (non-hydrogen) atoms. The lowest BCUT2D eigenvalue weighted by molar-refractivity contribution is 0.628. The minimum absolute atomic E-state index is 0.356. The molecule has 3 heterocycles. The molecule has 0 bridgehead atoms. The molecule has 7 nitrogen and oxygen atoms in total. The maximum Gasteiger partial charge on any atom is 0.188 e. The third-order valence-electron chi connectivity index (χ3n) is 3.79. The normalized spacial score (nSPS) is 11.1. The molecular formula is C17H16FN7. The molecule has 0 aliphatic carbocycles. The summed E-state index contributed by atoms with van der Waals surface area (Å²) in [5.74, 6) is 0.680. The summed E-state index contributed by atoms with van der Waals surface area (Å²) in [6, 6.07) is 10.1. The van der Waals surface area contributed by atoms with Crippen molar-refractivity contribution < 1.29 is 4.39 Å². The van der Waals surface area contributed by atoms with Gasteiger partial charge < -0.3 is 5.32 Å². The Morgan fingerprint density at radius 2 is 2.00 bits per heavy atom. The first-order chi connectivity index (χ1) is 12.2. The van der Waals surface area contributed by atoms with E-state index in [9.17, 15) is 4.39 Å². The highest BCUT2D eigenvalue weighted by Crippen LogP contribution is 2.21. The molecule has 126 valence electrons. The van der Waals surface area contributed by atoms with Crippen molar-refractivity contribution in [3.05, 3.63) is 60.2 Å². The molecule has 4 rings (SSSR count). The Kier molecular flexibility index (Phi) is 3.85. The third-order valence-corrected chi connectivity index (χ3v) is 3.79. The van der Waals surface area contributed by atoms with Gasteiger partial charge in [-0.25, -0.2) is 4.39 Å². The van der Waals surface area contributed by atoms with Gasteiger partial charge in [-0.05, 0) is 36.8 Å². The number of nitrogens with one attached hydrogen (secondary N) is 1. The topological polar surface area (TPSA) is 72.9 Å². The minimum atomic E-state index is -0.356. The number of anilines is 1. The molecule has 0 aliphatic heterocycles. The lowest BCUT2D eigenvalue weighted by atomic mass is 10.2. The van der Waals surface area contributed by atoms with E-state index in [2.05, 4.69) is 25.7 Å². The van der Waals surface area contributed by atoms with E-state index in [4.69, 9.17) is 0 Å². The second-order valence-corrected chi connectivity index (χ2v) is 5.70. The predicted octanol–water partition coefficient (Wildman–Crippen LogP) is 2.55. The first kappa shape index (κ1) is 15.3. The summed E-state index contributed by atoms with van der Waals surface area (Å²) >= 11 is 0. The number of fused-ring (bicyclic) bond motifs is 1. The molecule has 0 atom stereocenters. The van der Waals surface area contributed by atoms with Crippen molar-refractivity contribution in [3.63, 3.8) is 0 Å². The Morgan fingerprint density at radius 3 is 2.80 bits per heavy atom. The molecule has 4 aromatic rings. The Balaban J connectivity index is 1.57. The van der Waals surface area contributed by atoms with Crippen LogP contribution in [0.4, 0.5) is 10.2 Å². The lowest BCUT2D eigenvalue weighted by Gasteiger charge is -2.07. The SMILES string of the molecule is Cc1cnn(CCNc2ccc3nnc(-c4ccccc4F)n3n2)c1. The minimum Gasteiger partial charge on any atom is -0.367 e. The zero-order valence-corrected chi connectivity index (χ0v) is 13.6. The standard InChI is InChI=1S/C17H16FN7/c1-12-10-20-24(11-12)9-8-19-15-6-7-16-21-22-17(25(16)23-15)13-4-2-3-5-14(13)18/h2-7,10-11H,8-9H2,1H3,(H,19,23). The van der Waals surface area contributed by atoms with Crippen LogP contribution in [0.15, 0.2) is 48.8 Å². The first-order valence-electron chi connectivity index (χ1n) is 7.91. The number of benzene rings is 1. The number of nitrogens with zero attached hydrogens (tertiary/aromatic N) is 6. The van der Waals surface area contributed by atoms with Gasteiger partial charge in [-0.2, -0.15) is 9.61 Å². The van der Waals surface area contributed by atoms with Crippen molar-refractivity contribution in [1.82, 2.24) is 29.6 Å². The van der Waals surface area contributed by atoms with Gasteiger partial charge in [-0.15, -0.1) is 15.3 Å². The van der Waals surface area contributed by atoms with Crippen LogP contribution in [-0.4, -0.2) is 36.1 Å². The fourth-order valence-corrected chi connectivity index (χ4v) is 2.58. The monoisotopic (exact) mass is 337 g/mol. The van der Waals surface area contributed by atoms with Crippen LogP contribution in [0.25, 0.3) is 17.0 Å². The average molecular weight is 337 g/mol. The molecule has 0 fully saturated rings. The van der Waals surface area contributed by atoms with E-state index >= 15 is 0 Å². The van der Waals surface area contributed by atoms with Crippen molar-refractivity contribution in [1.29, 1.82) is 0 Å². The number of aromatic nitrogens is 6. The highest BCUT2D eigenvalue weighted by molar-refractivity contribution is 5.60. The van der Waals surface area contributed by atoms with E-state index in [1.807, 2.05) is 30.1 Å². The quantitative estimate of drug-likeness (QED) is 0.606. The lowest BCUT2D eigenvalue weighted by Crippen LogP contribution is -2.12. The van der Waals surface area contributed by atoms with Crippen LogP contribution in [0.5, 0.6) is 0 Å². The van der Waals surface area contributed by atoms with Crippen molar-refractivity contribution in [2.24, 2.45) is 0 Å². The van der Waals surface area contributed by atoms with Gasteiger partial charge in [0.05, 0.1) is 18.3 Å². The molecule has 0 radical (unpaired) electrons. The molecule has 1 N–H and O–H groups in total. The second-order valence-electron chi connectivity index (χ2n) is 5.70. The van der Waals surface area contributed by atoms with Crippen LogP contribution in [0, 0.1) is 12.7 Å². The molecule has 0 spiro atoms. The van der Waals surface area contributed by atoms with Crippen LogP contribution in [-0.2, 0) is 6.54 Å². The van der Waals surface area contributed by atoms with E-state index in [1.54, 1.807) is 28.8 Å². The van der Waals surface area contributed by atoms with Gasteiger partial charge in [-0.3, -0.25) is 4.68 Å². The van der Waals surface area contributed by atoms with Crippen molar-refractivity contribution in [3.8, 4) is 11.4 Å². The van der Waals surface area contributed by atoms with Crippen molar-refractivity contribution in [2.75, 3.05) is 11.9 Å². The zero-order valence-electron chi connectivity index (χ0n) is 13.6. The van der Waals surface area contributed by atoms with Crippen LogP contribution in [0.1, 0.15) is 5.56 Å². The van der Waals surface area contributed by atoms with Crippen molar-refractivity contribution in [2.45, 2.75) is 13.5 Å². The highest BCUT2D eigenvalue weighted by Gasteiger charge is 2.13. The van der Waals surface area contributed by atoms with Gasteiger partial charge in [0.15, 0.2) is 11.5 Å². The Bertz CT molecular complexity index is 1020.